The van der Waals surface area contributed by atoms with Gasteiger partial charge < -0.3 is 11.1 Å². The van der Waals surface area contributed by atoms with Gasteiger partial charge in [-0.25, -0.2) is 4.98 Å². The molecule has 0 saturated heterocycles. The number of aryl methyl sites for hydroxylation is 2. The molecule has 1 aromatic heterocycles. The molecular formula is C14H19N3S. The predicted molar refractivity (Wildman–Crippen MR) is 77.7 cm³/mol. The Balaban J connectivity index is 1.64. The maximum absolute atomic E-state index is 5.74. The molecule has 4 heteroatoms. The standard InChI is InChI=1S/C14H19N3S/c1-11-10-18-14(17-11)9-16-7-3-5-12-4-2-6-13(15)8-12/h2,4,6,8,10,16H,3,5,7,9,15H2,1H3. The third-order valence-corrected chi connectivity index (χ3v) is 3.68. The van der Waals surface area contributed by atoms with Crippen molar-refractivity contribution in [3.8, 4) is 0 Å². The first-order valence-corrected chi connectivity index (χ1v) is 7.08. The van der Waals surface area contributed by atoms with Crippen LogP contribution in [0.25, 0.3) is 0 Å². The number of anilines is 1. The second-order valence-corrected chi connectivity index (χ2v) is 5.35. The largest absolute Gasteiger partial charge is 0.399 e. The van der Waals surface area contributed by atoms with Crippen LogP contribution in [-0.4, -0.2) is 11.5 Å². The van der Waals surface area contributed by atoms with Gasteiger partial charge in [-0.05, 0) is 44.0 Å². The molecule has 0 saturated carbocycles. The molecule has 0 amide bonds. The highest BCUT2D eigenvalue weighted by Crippen LogP contribution is 2.09. The molecule has 0 atom stereocenters. The monoisotopic (exact) mass is 261 g/mol. The van der Waals surface area contributed by atoms with Crippen LogP contribution in [-0.2, 0) is 13.0 Å². The number of hydrogen-bond donors (Lipinski definition) is 2. The highest BCUT2D eigenvalue weighted by Gasteiger charge is 1.98. The molecule has 0 aliphatic carbocycles. The van der Waals surface area contributed by atoms with E-state index in [4.69, 9.17) is 5.73 Å². The van der Waals surface area contributed by atoms with Crippen molar-refractivity contribution in [3.63, 3.8) is 0 Å². The average Bonchev–Trinajstić information content (AvgIpc) is 2.75. The zero-order valence-corrected chi connectivity index (χ0v) is 11.5. The lowest BCUT2D eigenvalue weighted by atomic mass is 10.1. The van der Waals surface area contributed by atoms with E-state index in [1.807, 2.05) is 25.1 Å². The summed E-state index contributed by atoms with van der Waals surface area (Å²) in [6.07, 6.45) is 2.18. The molecular weight excluding hydrogens is 242 g/mol. The lowest BCUT2D eigenvalue weighted by Gasteiger charge is -2.04. The maximum atomic E-state index is 5.74. The molecule has 0 aliphatic rings. The highest BCUT2D eigenvalue weighted by molar-refractivity contribution is 7.09. The zero-order valence-electron chi connectivity index (χ0n) is 10.6. The summed E-state index contributed by atoms with van der Waals surface area (Å²) in [6, 6.07) is 8.10. The Hall–Kier alpha value is -1.39. The molecule has 0 fully saturated rings. The summed E-state index contributed by atoms with van der Waals surface area (Å²) < 4.78 is 0. The Labute approximate surface area is 112 Å². The van der Waals surface area contributed by atoms with Crippen LogP contribution in [0, 0.1) is 6.92 Å². The molecule has 2 aromatic rings. The van der Waals surface area contributed by atoms with Gasteiger partial charge in [0.05, 0.1) is 0 Å². The van der Waals surface area contributed by atoms with Gasteiger partial charge in [-0.2, -0.15) is 0 Å². The number of nitrogens with zero attached hydrogens (tertiary/aromatic N) is 1. The number of rotatable bonds is 6. The topological polar surface area (TPSA) is 50.9 Å². The Morgan fingerprint density at radius 3 is 3.00 bits per heavy atom. The minimum Gasteiger partial charge on any atom is -0.399 e. The third-order valence-electron chi connectivity index (χ3n) is 2.71. The van der Waals surface area contributed by atoms with Gasteiger partial charge in [0.15, 0.2) is 0 Å². The number of nitrogens with one attached hydrogen (secondary N) is 1. The van der Waals surface area contributed by atoms with Crippen molar-refractivity contribution in [2.24, 2.45) is 0 Å². The van der Waals surface area contributed by atoms with Crippen LogP contribution in [0.3, 0.4) is 0 Å². The van der Waals surface area contributed by atoms with Crippen molar-refractivity contribution in [2.75, 3.05) is 12.3 Å². The van der Waals surface area contributed by atoms with Gasteiger partial charge >= 0.3 is 0 Å². The summed E-state index contributed by atoms with van der Waals surface area (Å²) in [5.41, 5.74) is 9.01. The molecule has 0 radical (unpaired) electrons. The molecule has 1 aromatic carbocycles. The Morgan fingerprint density at radius 2 is 2.28 bits per heavy atom. The number of thiazole rings is 1. The van der Waals surface area contributed by atoms with E-state index in [0.29, 0.717) is 0 Å². The van der Waals surface area contributed by atoms with Crippen molar-refractivity contribution in [1.29, 1.82) is 0 Å². The molecule has 0 bridgehead atoms. The second kappa shape index (κ2) is 6.52. The van der Waals surface area contributed by atoms with Gasteiger partial charge in [0.2, 0.25) is 0 Å². The van der Waals surface area contributed by atoms with Crippen LogP contribution in [0.5, 0.6) is 0 Å². The molecule has 0 aliphatic heterocycles. The van der Waals surface area contributed by atoms with Crippen LogP contribution >= 0.6 is 11.3 Å². The summed E-state index contributed by atoms with van der Waals surface area (Å²) in [5, 5.41) is 6.67. The number of hydrogen-bond acceptors (Lipinski definition) is 4. The van der Waals surface area contributed by atoms with Crippen molar-refractivity contribution in [2.45, 2.75) is 26.3 Å². The fraction of sp³-hybridized carbons (Fsp3) is 0.357. The number of nitrogen functional groups attached to an aromatic ring is 1. The van der Waals surface area contributed by atoms with E-state index in [1.54, 1.807) is 11.3 Å². The van der Waals surface area contributed by atoms with E-state index >= 15 is 0 Å². The summed E-state index contributed by atoms with van der Waals surface area (Å²) in [5.74, 6) is 0. The van der Waals surface area contributed by atoms with E-state index in [2.05, 4.69) is 21.7 Å². The van der Waals surface area contributed by atoms with E-state index in [0.717, 1.165) is 42.3 Å². The van der Waals surface area contributed by atoms with Gasteiger partial charge in [-0.1, -0.05) is 12.1 Å². The first kappa shape index (κ1) is 13.1. The Morgan fingerprint density at radius 1 is 1.39 bits per heavy atom. The number of aromatic nitrogens is 1. The first-order chi connectivity index (χ1) is 8.74. The minimum absolute atomic E-state index is 0.846. The van der Waals surface area contributed by atoms with Gasteiger partial charge in [0.1, 0.15) is 5.01 Å². The zero-order chi connectivity index (χ0) is 12.8. The summed E-state index contributed by atoms with van der Waals surface area (Å²) >= 11 is 1.72. The molecule has 2 rings (SSSR count). The Kier molecular flexibility index (Phi) is 4.73. The number of benzene rings is 1. The van der Waals surface area contributed by atoms with Crippen LogP contribution in [0.2, 0.25) is 0 Å². The quantitative estimate of drug-likeness (QED) is 0.621. The van der Waals surface area contributed by atoms with Crippen molar-refractivity contribution in [1.82, 2.24) is 10.3 Å². The van der Waals surface area contributed by atoms with E-state index in [1.165, 1.54) is 5.56 Å². The number of nitrogens with two attached hydrogens (primary N) is 1. The summed E-state index contributed by atoms with van der Waals surface area (Å²) in [4.78, 5) is 4.42. The van der Waals surface area contributed by atoms with Gasteiger partial charge in [-0.3, -0.25) is 0 Å². The van der Waals surface area contributed by atoms with Gasteiger partial charge in [0.25, 0.3) is 0 Å². The van der Waals surface area contributed by atoms with Crippen LogP contribution in [0.1, 0.15) is 22.7 Å². The van der Waals surface area contributed by atoms with Crippen molar-refractivity contribution >= 4 is 17.0 Å². The van der Waals surface area contributed by atoms with Crippen LogP contribution in [0.15, 0.2) is 29.6 Å². The fourth-order valence-electron chi connectivity index (χ4n) is 1.85. The van der Waals surface area contributed by atoms with Crippen molar-refractivity contribution in [3.05, 3.63) is 45.9 Å². The minimum atomic E-state index is 0.846. The molecule has 1 heterocycles. The lowest BCUT2D eigenvalue weighted by Crippen LogP contribution is -2.15. The maximum Gasteiger partial charge on any atom is 0.107 e. The second-order valence-electron chi connectivity index (χ2n) is 4.41. The smallest absolute Gasteiger partial charge is 0.107 e. The van der Waals surface area contributed by atoms with Crippen molar-refractivity contribution < 1.29 is 0 Å². The van der Waals surface area contributed by atoms with E-state index < -0.39 is 0 Å². The van der Waals surface area contributed by atoms with E-state index in [-0.39, 0.29) is 0 Å². The van der Waals surface area contributed by atoms with Crippen LogP contribution < -0.4 is 11.1 Å². The van der Waals surface area contributed by atoms with Gasteiger partial charge in [-0.15, -0.1) is 11.3 Å². The molecule has 3 N–H and O–H groups in total. The molecule has 0 spiro atoms. The third kappa shape index (κ3) is 4.13. The molecule has 0 unspecified atom stereocenters. The molecule has 18 heavy (non-hydrogen) atoms. The average molecular weight is 261 g/mol. The summed E-state index contributed by atoms with van der Waals surface area (Å²) in [7, 11) is 0. The molecule has 3 nitrogen and oxygen atoms in total. The lowest BCUT2D eigenvalue weighted by molar-refractivity contribution is 0.647. The summed E-state index contributed by atoms with van der Waals surface area (Å²) in [6.45, 7) is 3.91. The highest BCUT2D eigenvalue weighted by atomic mass is 32.1. The SMILES string of the molecule is Cc1csc(CNCCCc2cccc(N)c2)n1. The fourth-order valence-corrected chi connectivity index (χ4v) is 2.59. The Bertz CT molecular complexity index is 493. The van der Waals surface area contributed by atoms with E-state index in [9.17, 15) is 0 Å². The normalized spacial score (nSPS) is 10.7. The molecule has 96 valence electrons. The van der Waals surface area contributed by atoms with Gasteiger partial charge in [0, 0.05) is 23.3 Å². The predicted octanol–water partition coefficient (Wildman–Crippen LogP) is 2.76. The van der Waals surface area contributed by atoms with Crippen LogP contribution in [0.4, 0.5) is 5.69 Å². The first-order valence-electron chi connectivity index (χ1n) is 6.20.